The molecular formula is C22H25ClN6O2. The molecule has 4 rings (SSSR count). The number of amides is 2. The number of likely N-dealkylation sites (tertiary alicyclic amines) is 1. The average Bonchev–Trinajstić information content (AvgIpc) is 3.30. The fourth-order valence-electron chi connectivity index (χ4n) is 4.06. The van der Waals surface area contributed by atoms with Crippen LogP contribution in [0.15, 0.2) is 30.6 Å². The van der Waals surface area contributed by atoms with Crippen LogP contribution in [0.25, 0.3) is 0 Å². The molecule has 0 aliphatic carbocycles. The van der Waals surface area contributed by atoms with Gasteiger partial charge in [-0.2, -0.15) is 15.0 Å². The van der Waals surface area contributed by atoms with Gasteiger partial charge in [-0.3, -0.25) is 9.69 Å². The van der Waals surface area contributed by atoms with Crippen LogP contribution in [0, 0.1) is 11.3 Å². The van der Waals surface area contributed by atoms with Gasteiger partial charge in [0, 0.05) is 56.4 Å². The van der Waals surface area contributed by atoms with Gasteiger partial charge >= 0.3 is 6.03 Å². The minimum absolute atomic E-state index is 0.0541. The molecule has 2 saturated heterocycles. The van der Waals surface area contributed by atoms with E-state index < -0.39 is 0 Å². The molecule has 3 heterocycles. The molecule has 31 heavy (non-hydrogen) atoms. The molecule has 2 aromatic rings. The van der Waals surface area contributed by atoms with E-state index in [1.165, 1.54) is 23.5 Å². The molecule has 0 saturated carbocycles. The van der Waals surface area contributed by atoms with Gasteiger partial charge in [0.1, 0.15) is 6.07 Å². The molecular weight excluding hydrogens is 416 g/mol. The summed E-state index contributed by atoms with van der Waals surface area (Å²) in [7, 11) is 0. The van der Waals surface area contributed by atoms with Crippen molar-refractivity contribution >= 4 is 23.5 Å². The number of aromatic nitrogens is 2. The van der Waals surface area contributed by atoms with Crippen molar-refractivity contribution in [1.29, 1.82) is 5.26 Å². The summed E-state index contributed by atoms with van der Waals surface area (Å²) < 4.78 is 1.21. The van der Waals surface area contributed by atoms with Crippen LogP contribution in [0.4, 0.5) is 4.79 Å². The Morgan fingerprint density at radius 1 is 1.03 bits per heavy atom. The van der Waals surface area contributed by atoms with Crippen molar-refractivity contribution in [2.24, 2.45) is 0 Å². The zero-order valence-electron chi connectivity index (χ0n) is 17.3. The highest BCUT2D eigenvalue weighted by Crippen LogP contribution is 2.22. The smallest absolute Gasteiger partial charge is 0.339 e. The van der Waals surface area contributed by atoms with E-state index in [1.807, 2.05) is 23.1 Å². The largest absolute Gasteiger partial charge is 0.344 e. The number of nitriles is 1. The van der Waals surface area contributed by atoms with Crippen molar-refractivity contribution < 1.29 is 9.59 Å². The molecule has 0 radical (unpaired) electrons. The van der Waals surface area contributed by atoms with Crippen molar-refractivity contribution in [1.82, 2.24) is 24.5 Å². The summed E-state index contributed by atoms with van der Waals surface area (Å²) in [5.41, 5.74) is 1.98. The summed E-state index contributed by atoms with van der Waals surface area (Å²) in [5.74, 6) is 0.0541. The number of piperazine rings is 1. The van der Waals surface area contributed by atoms with Crippen LogP contribution in [0.3, 0.4) is 0 Å². The summed E-state index contributed by atoms with van der Waals surface area (Å²) >= 11 is 6.51. The van der Waals surface area contributed by atoms with Gasteiger partial charge in [-0.15, -0.1) is 0 Å². The van der Waals surface area contributed by atoms with Gasteiger partial charge in [0.2, 0.25) is 0 Å². The number of benzene rings is 1. The Morgan fingerprint density at radius 3 is 2.42 bits per heavy atom. The van der Waals surface area contributed by atoms with Gasteiger partial charge in [0.25, 0.3) is 5.91 Å². The number of piperidine rings is 1. The number of halogens is 1. The Balaban J connectivity index is 1.32. The lowest BCUT2D eigenvalue weighted by Crippen LogP contribution is -2.49. The predicted molar refractivity (Wildman–Crippen MR) is 116 cm³/mol. The summed E-state index contributed by atoms with van der Waals surface area (Å²) in [6, 6.07) is 7.33. The summed E-state index contributed by atoms with van der Waals surface area (Å²) in [5, 5.41) is 13.4. The Bertz CT molecular complexity index is 1000. The van der Waals surface area contributed by atoms with Crippen molar-refractivity contribution in [3.8, 4) is 6.07 Å². The van der Waals surface area contributed by atoms with E-state index in [0.29, 0.717) is 48.9 Å². The van der Waals surface area contributed by atoms with Crippen LogP contribution in [0.5, 0.6) is 0 Å². The fraction of sp³-hybridized carbons (Fsp3) is 0.455. The minimum atomic E-state index is -0.222. The first-order valence-corrected chi connectivity index (χ1v) is 11.0. The topological polar surface area (TPSA) is 85.5 Å². The van der Waals surface area contributed by atoms with Gasteiger partial charge in [-0.05, 0) is 37.0 Å². The molecule has 2 aliphatic rings. The molecule has 1 aromatic heterocycles. The highest BCUT2D eigenvalue weighted by molar-refractivity contribution is 6.31. The van der Waals surface area contributed by atoms with E-state index in [2.05, 4.69) is 10.00 Å². The van der Waals surface area contributed by atoms with Gasteiger partial charge < -0.3 is 9.80 Å². The first kappa shape index (κ1) is 21.3. The molecule has 0 spiro atoms. The van der Waals surface area contributed by atoms with Crippen molar-refractivity contribution in [2.45, 2.75) is 25.8 Å². The normalized spacial score (nSPS) is 17.4. The predicted octanol–water partition coefficient (Wildman–Crippen LogP) is 2.82. The third kappa shape index (κ3) is 4.89. The standard InChI is InChI=1S/C22H25ClN6O2/c23-20-12-18(21(30)27-6-2-1-3-7-27)4-5-19(20)16-26-8-10-28(11-9-26)22(31)29-15-17(13-24)14-25-29/h4-5,12,14-15H,1-3,6-11,16H2. The Morgan fingerprint density at radius 2 is 1.77 bits per heavy atom. The molecule has 2 aliphatic heterocycles. The zero-order valence-corrected chi connectivity index (χ0v) is 18.1. The maximum Gasteiger partial charge on any atom is 0.344 e. The summed E-state index contributed by atoms with van der Waals surface area (Å²) in [4.78, 5) is 31.1. The fourth-order valence-corrected chi connectivity index (χ4v) is 4.30. The third-order valence-electron chi connectivity index (χ3n) is 5.89. The van der Waals surface area contributed by atoms with E-state index in [4.69, 9.17) is 16.9 Å². The highest BCUT2D eigenvalue weighted by Gasteiger charge is 2.24. The molecule has 8 nitrogen and oxygen atoms in total. The summed E-state index contributed by atoms with van der Waals surface area (Å²) in [6.45, 7) is 4.87. The molecule has 0 unspecified atom stereocenters. The Hall–Kier alpha value is -2.89. The molecule has 9 heteroatoms. The van der Waals surface area contributed by atoms with Crippen molar-refractivity contribution in [3.63, 3.8) is 0 Å². The molecule has 0 atom stereocenters. The van der Waals surface area contributed by atoms with E-state index in [1.54, 1.807) is 11.0 Å². The Kier molecular flexibility index (Phi) is 6.54. The quantitative estimate of drug-likeness (QED) is 0.732. The second-order valence-corrected chi connectivity index (χ2v) is 8.40. The lowest BCUT2D eigenvalue weighted by atomic mass is 10.1. The van der Waals surface area contributed by atoms with Crippen LogP contribution in [-0.4, -0.2) is 75.7 Å². The number of carbonyl (C=O) groups is 2. The first-order chi connectivity index (χ1) is 15.0. The van der Waals surface area contributed by atoms with Crippen LogP contribution in [0.2, 0.25) is 5.02 Å². The lowest BCUT2D eigenvalue weighted by Gasteiger charge is -2.34. The van der Waals surface area contributed by atoms with Crippen LogP contribution < -0.4 is 0 Å². The van der Waals surface area contributed by atoms with E-state index in [0.717, 1.165) is 31.5 Å². The number of carbonyl (C=O) groups excluding carboxylic acids is 2. The van der Waals surface area contributed by atoms with Crippen molar-refractivity contribution in [3.05, 3.63) is 52.3 Å². The van der Waals surface area contributed by atoms with Gasteiger partial charge in [-0.1, -0.05) is 17.7 Å². The Labute approximate surface area is 186 Å². The van der Waals surface area contributed by atoms with E-state index in [-0.39, 0.29) is 11.9 Å². The molecule has 0 N–H and O–H groups in total. The number of hydrogen-bond acceptors (Lipinski definition) is 5. The number of rotatable bonds is 3. The number of nitrogens with zero attached hydrogens (tertiary/aromatic N) is 6. The molecule has 162 valence electrons. The van der Waals surface area contributed by atoms with Gasteiger partial charge in [-0.25, -0.2) is 4.79 Å². The third-order valence-corrected chi connectivity index (χ3v) is 6.24. The second kappa shape index (κ2) is 9.50. The zero-order chi connectivity index (χ0) is 21.8. The van der Waals surface area contributed by atoms with Gasteiger partial charge in [0.05, 0.1) is 18.0 Å². The monoisotopic (exact) mass is 440 g/mol. The van der Waals surface area contributed by atoms with E-state index in [9.17, 15) is 9.59 Å². The van der Waals surface area contributed by atoms with Crippen LogP contribution >= 0.6 is 11.6 Å². The second-order valence-electron chi connectivity index (χ2n) is 7.99. The van der Waals surface area contributed by atoms with Crippen LogP contribution in [0.1, 0.15) is 40.7 Å². The SMILES string of the molecule is N#Cc1cnn(C(=O)N2CCN(Cc3ccc(C(=O)N4CCCCC4)cc3Cl)CC2)c1. The maximum absolute atomic E-state index is 12.7. The highest BCUT2D eigenvalue weighted by atomic mass is 35.5. The summed E-state index contributed by atoms with van der Waals surface area (Å²) in [6.07, 6.45) is 6.14. The molecule has 2 fully saturated rings. The van der Waals surface area contributed by atoms with Gasteiger partial charge in [0.15, 0.2) is 0 Å². The lowest BCUT2D eigenvalue weighted by molar-refractivity contribution is 0.0724. The minimum Gasteiger partial charge on any atom is -0.339 e. The molecule has 2 amide bonds. The van der Waals surface area contributed by atoms with Crippen LogP contribution in [-0.2, 0) is 6.54 Å². The average molecular weight is 441 g/mol. The van der Waals surface area contributed by atoms with Crippen molar-refractivity contribution in [2.75, 3.05) is 39.3 Å². The molecule has 0 bridgehead atoms. The maximum atomic E-state index is 12.7. The van der Waals surface area contributed by atoms with E-state index >= 15 is 0 Å². The molecule has 1 aromatic carbocycles. The number of hydrogen-bond donors (Lipinski definition) is 0. The first-order valence-electron chi connectivity index (χ1n) is 10.6.